The minimum atomic E-state index is -0.177. The molecule has 0 spiro atoms. The fourth-order valence-electron chi connectivity index (χ4n) is 1.12. The van der Waals surface area contributed by atoms with E-state index in [0.29, 0.717) is 26.1 Å². The molecule has 0 radical (unpaired) electrons. The molecule has 0 saturated carbocycles. The maximum atomic E-state index is 11.0. The molecule has 1 aromatic rings. The average Bonchev–Trinajstić information content (AvgIpc) is 2.60. The average molecular weight is 212 g/mol. The standard InChI is InChI=1S/C9H16N4O2/c1-3-15-9(14)4-5-10-6-8-7-13(2)12-11-8/h7,10H,3-6H2,1-2H3. The van der Waals surface area contributed by atoms with Crippen LogP contribution >= 0.6 is 0 Å². The van der Waals surface area contributed by atoms with Crippen LogP contribution in [0.1, 0.15) is 19.0 Å². The molecule has 15 heavy (non-hydrogen) atoms. The van der Waals surface area contributed by atoms with Crippen molar-refractivity contribution in [1.82, 2.24) is 20.3 Å². The highest BCUT2D eigenvalue weighted by Gasteiger charge is 2.01. The Bertz CT molecular complexity index is 311. The second-order valence-corrected chi connectivity index (χ2v) is 3.12. The molecule has 0 aliphatic heterocycles. The number of carbonyl (C=O) groups is 1. The van der Waals surface area contributed by atoms with Gasteiger partial charge in [0.25, 0.3) is 0 Å². The number of esters is 1. The van der Waals surface area contributed by atoms with Gasteiger partial charge in [-0.25, -0.2) is 0 Å². The number of hydrogen-bond acceptors (Lipinski definition) is 5. The van der Waals surface area contributed by atoms with Gasteiger partial charge in [0.15, 0.2) is 0 Å². The first-order chi connectivity index (χ1) is 7.22. The molecular formula is C9H16N4O2. The van der Waals surface area contributed by atoms with Gasteiger partial charge in [0, 0.05) is 26.3 Å². The number of carbonyl (C=O) groups excluding carboxylic acids is 1. The van der Waals surface area contributed by atoms with Gasteiger partial charge in [-0.05, 0) is 6.92 Å². The summed E-state index contributed by atoms with van der Waals surface area (Å²) >= 11 is 0. The summed E-state index contributed by atoms with van der Waals surface area (Å²) in [6.07, 6.45) is 2.21. The maximum Gasteiger partial charge on any atom is 0.307 e. The molecule has 0 amide bonds. The largest absolute Gasteiger partial charge is 0.466 e. The lowest BCUT2D eigenvalue weighted by Gasteiger charge is -2.02. The number of ether oxygens (including phenoxy) is 1. The Hall–Kier alpha value is -1.43. The van der Waals surface area contributed by atoms with Gasteiger partial charge in [0.2, 0.25) is 0 Å². The molecule has 0 aliphatic carbocycles. The lowest BCUT2D eigenvalue weighted by Crippen LogP contribution is -2.19. The van der Waals surface area contributed by atoms with E-state index in [1.807, 2.05) is 13.2 Å². The van der Waals surface area contributed by atoms with E-state index in [-0.39, 0.29) is 5.97 Å². The highest BCUT2D eigenvalue weighted by molar-refractivity contribution is 5.69. The van der Waals surface area contributed by atoms with Gasteiger partial charge >= 0.3 is 5.97 Å². The van der Waals surface area contributed by atoms with Crippen LogP contribution < -0.4 is 5.32 Å². The van der Waals surface area contributed by atoms with Crippen LogP contribution in [0.5, 0.6) is 0 Å². The van der Waals surface area contributed by atoms with Gasteiger partial charge in [0.05, 0.1) is 18.7 Å². The van der Waals surface area contributed by atoms with Crippen LogP contribution in [0.4, 0.5) is 0 Å². The highest BCUT2D eigenvalue weighted by Crippen LogP contribution is 1.90. The number of nitrogens with one attached hydrogen (secondary N) is 1. The molecule has 0 bridgehead atoms. The summed E-state index contributed by atoms with van der Waals surface area (Å²) < 4.78 is 6.43. The molecule has 1 rings (SSSR count). The molecule has 0 unspecified atom stereocenters. The van der Waals surface area contributed by atoms with Crippen molar-refractivity contribution in [2.24, 2.45) is 7.05 Å². The quantitative estimate of drug-likeness (QED) is 0.525. The molecule has 1 heterocycles. The minimum absolute atomic E-state index is 0.177. The fourth-order valence-corrected chi connectivity index (χ4v) is 1.12. The molecule has 0 atom stereocenters. The predicted octanol–water partition coefficient (Wildman–Crippen LogP) is -0.142. The second-order valence-electron chi connectivity index (χ2n) is 3.12. The van der Waals surface area contributed by atoms with Gasteiger partial charge in [-0.2, -0.15) is 0 Å². The molecule has 6 nitrogen and oxygen atoms in total. The van der Waals surface area contributed by atoms with E-state index in [9.17, 15) is 4.79 Å². The molecular weight excluding hydrogens is 196 g/mol. The number of nitrogens with zero attached hydrogens (tertiary/aromatic N) is 3. The maximum absolute atomic E-state index is 11.0. The molecule has 0 fully saturated rings. The van der Waals surface area contributed by atoms with Crippen LogP contribution in [0.3, 0.4) is 0 Å². The fraction of sp³-hybridized carbons (Fsp3) is 0.667. The third-order valence-electron chi connectivity index (χ3n) is 1.77. The van der Waals surface area contributed by atoms with Crippen LogP contribution in [0.15, 0.2) is 6.20 Å². The Morgan fingerprint density at radius 3 is 3.07 bits per heavy atom. The zero-order chi connectivity index (χ0) is 11.1. The third kappa shape index (κ3) is 4.55. The molecule has 1 N–H and O–H groups in total. The Labute approximate surface area is 88.6 Å². The third-order valence-corrected chi connectivity index (χ3v) is 1.77. The predicted molar refractivity (Wildman–Crippen MR) is 54.0 cm³/mol. The lowest BCUT2D eigenvalue weighted by molar-refractivity contribution is -0.142. The van der Waals surface area contributed by atoms with Gasteiger partial charge in [-0.1, -0.05) is 5.21 Å². The van der Waals surface area contributed by atoms with Crippen molar-refractivity contribution >= 4 is 5.97 Å². The Morgan fingerprint density at radius 2 is 2.47 bits per heavy atom. The first-order valence-corrected chi connectivity index (χ1v) is 4.94. The summed E-state index contributed by atoms with van der Waals surface area (Å²) in [5, 5.41) is 10.8. The van der Waals surface area contributed by atoms with Crippen molar-refractivity contribution in [1.29, 1.82) is 0 Å². The van der Waals surface area contributed by atoms with Gasteiger partial charge < -0.3 is 10.1 Å². The zero-order valence-corrected chi connectivity index (χ0v) is 9.06. The summed E-state index contributed by atoms with van der Waals surface area (Å²) in [5.74, 6) is -0.177. The normalized spacial score (nSPS) is 10.3. The van der Waals surface area contributed by atoms with E-state index in [1.165, 1.54) is 0 Å². The molecule has 84 valence electrons. The number of aromatic nitrogens is 3. The lowest BCUT2D eigenvalue weighted by atomic mass is 10.4. The topological polar surface area (TPSA) is 69.0 Å². The van der Waals surface area contributed by atoms with Crippen LogP contribution in [0.2, 0.25) is 0 Å². The molecule has 1 aromatic heterocycles. The van der Waals surface area contributed by atoms with Crippen molar-refractivity contribution < 1.29 is 9.53 Å². The van der Waals surface area contributed by atoms with E-state index in [4.69, 9.17) is 4.74 Å². The van der Waals surface area contributed by atoms with Crippen LogP contribution in [-0.2, 0) is 23.1 Å². The van der Waals surface area contributed by atoms with Gasteiger partial charge in [0.1, 0.15) is 0 Å². The zero-order valence-electron chi connectivity index (χ0n) is 9.06. The van der Waals surface area contributed by atoms with E-state index < -0.39 is 0 Å². The van der Waals surface area contributed by atoms with Crippen LogP contribution in [0.25, 0.3) is 0 Å². The molecule has 6 heteroatoms. The first kappa shape index (κ1) is 11.6. The SMILES string of the molecule is CCOC(=O)CCNCc1cn(C)nn1. The van der Waals surface area contributed by atoms with Crippen molar-refractivity contribution in [2.45, 2.75) is 19.9 Å². The van der Waals surface area contributed by atoms with Gasteiger partial charge in [-0.15, -0.1) is 5.10 Å². The van der Waals surface area contributed by atoms with E-state index >= 15 is 0 Å². The first-order valence-electron chi connectivity index (χ1n) is 4.94. The highest BCUT2D eigenvalue weighted by atomic mass is 16.5. The summed E-state index contributed by atoms with van der Waals surface area (Å²) in [5.41, 5.74) is 0.862. The summed E-state index contributed by atoms with van der Waals surface area (Å²) in [6.45, 7) is 3.44. The molecule has 0 saturated heterocycles. The Morgan fingerprint density at radius 1 is 1.67 bits per heavy atom. The van der Waals surface area contributed by atoms with Gasteiger partial charge in [-0.3, -0.25) is 9.48 Å². The second kappa shape index (κ2) is 6.13. The van der Waals surface area contributed by atoms with Crippen LogP contribution in [0, 0.1) is 0 Å². The van der Waals surface area contributed by atoms with Crippen molar-refractivity contribution in [3.05, 3.63) is 11.9 Å². The van der Waals surface area contributed by atoms with E-state index in [2.05, 4.69) is 15.6 Å². The number of rotatable bonds is 6. The van der Waals surface area contributed by atoms with E-state index in [0.717, 1.165) is 5.69 Å². The van der Waals surface area contributed by atoms with Crippen molar-refractivity contribution in [2.75, 3.05) is 13.2 Å². The summed E-state index contributed by atoms with van der Waals surface area (Å²) in [6, 6.07) is 0. The molecule has 0 aromatic carbocycles. The summed E-state index contributed by atoms with van der Waals surface area (Å²) in [4.78, 5) is 11.0. The monoisotopic (exact) mass is 212 g/mol. The Balaban J connectivity index is 2.09. The van der Waals surface area contributed by atoms with E-state index in [1.54, 1.807) is 11.6 Å². The Kier molecular flexibility index (Phi) is 4.76. The minimum Gasteiger partial charge on any atom is -0.466 e. The number of aryl methyl sites for hydroxylation is 1. The smallest absolute Gasteiger partial charge is 0.307 e. The van der Waals surface area contributed by atoms with Crippen LogP contribution in [-0.4, -0.2) is 34.1 Å². The van der Waals surface area contributed by atoms with Crippen molar-refractivity contribution in [3.63, 3.8) is 0 Å². The molecule has 0 aliphatic rings. The summed E-state index contributed by atoms with van der Waals surface area (Å²) in [7, 11) is 1.81. The van der Waals surface area contributed by atoms with Crippen molar-refractivity contribution in [3.8, 4) is 0 Å². The number of hydrogen-bond donors (Lipinski definition) is 1.